The average molecular weight is 225 g/mol. The molecule has 2 N–H and O–H groups in total. The third-order valence-electron chi connectivity index (χ3n) is 3.17. The van der Waals surface area contributed by atoms with Crippen molar-refractivity contribution in [3.8, 4) is 0 Å². The van der Waals surface area contributed by atoms with Crippen LogP contribution in [0.4, 0.5) is 0 Å². The Hall–Kier alpha value is -1.10. The van der Waals surface area contributed by atoms with E-state index in [2.05, 4.69) is 10.6 Å². The van der Waals surface area contributed by atoms with Gasteiger partial charge in [-0.3, -0.25) is 9.59 Å². The van der Waals surface area contributed by atoms with Gasteiger partial charge >= 0.3 is 0 Å². The van der Waals surface area contributed by atoms with Crippen molar-refractivity contribution in [1.82, 2.24) is 15.5 Å². The number of hydrogen-bond acceptors (Lipinski definition) is 3. The number of amides is 2. The molecule has 2 amide bonds. The second-order valence-corrected chi connectivity index (χ2v) is 4.53. The molecule has 0 saturated carbocycles. The van der Waals surface area contributed by atoms with Crippen molar-refractivity contribution >= 4 is 11.8 Å². The Morgan fingerprint density at radius 2 is 2.38 bits per heavy atom. The standard InChI is InChI=1S/C11H19N3O2/c15-10(8-14-6-2-4-11(14)16)13-9-3-1-5-12-7-9/h9,12H,1-8H2,(H,13,15)/t9-/m1/s1. The van der Waals surface area contributed by atoms with Crippen LogP contribution in [0, 0.1) is 0 Å². The summed E-state index contributed by atoms with van der Waals surface area (Å²) in [5, 5.41) is 6.22. The summed E-state index contributed by atoms with van der Waals surface area (Å²) in [7, 11) is 0. The number of carbonyl (C=O) groups excluding carboxylic acids is 2. The van der Waals surface area contributed by atoms with Gasteiger partial charge in [0.2, 0.25) is 11.8 Å². The highest BCUT2D eigenvalue weighted by atomic mass is 16.2. The van der Waals surface area contributed by atoms with Crippen LogP contribution in [0.25, 0.3) is 0 Å². The number of carbonyl (C=O) groups is 2. The molecule has 2 saturated heterocycles. The molecule has 0 aromatic rings. The third-order valence-corrected chi connectivity index (χ3v) is 3.17. The fourth-order valence-electron chi connectivity index (χ4n) is 2.29. The molecule has 0 bridgehead atoms. The number of nitrogens with one attached hydrogen (secondary N) is 2. The van der Waals surface area contributed by atoms with E-state index in [1.807, 2.05) is 0 Å². The van der Waals surface area contributed by atoms with Crippen LogP contribution in [0.1, 0.15) is 25.7 Å². The number of nitrogens with zero attached hydrogens (tertiary/aromatic N) is 1. The summed E-state index contributed by atoms with van der Waals surface area (Å²) in [6, 6.07) is 0.235. The molecule has 1 atom stereocenters. The van der Waals surface area contributed by atoms with Crippen molar-refractivity contribution in [2.45, 2.75) is 31.7 Å². The monoisotopic (exact) mass is 225 g/mol. The van der Waals surface area contributed by atoms with E-state index in [4.69, 9.17) is 0 Å². The van der Waals surface area contributed by atoms with Crippen molar-refractivity contribution in [2.24, 2.45) is 0 Å². The fourth-order valence-corrected chi connectivity index (χ4v) is 2.29. The summed E-state index contributed by atoms with van der Waals surface area (Å²) in [6.07, 6.45) is 3.62. The highest BCUT2D eigenvalue weighted by molar-refractivity contribution is 5.85. The lowest BCUT2D eigenvalue weighted by molar-refractivity contribution is -0.133. The first-order valence-corrected chi connectivity index (χ1v) is 6.03. The van der Waals surface area contributed by atoms with Crippen LogP contribution in [0.5, 0.6) is 0 Å². The quantitative estimate of drug-likeness (QED) is 0.679. The summed E-state index contributed by atoms with van der Waals surface area (Å²) in [4.78, 5) is 24.7. The van der Waals surface area contributed by atoms with Crippen molar-refractivity contribution in [1.29, 1.82) is 0 Å². The maximum absolute atomic E-state index is 11.7. The van der Waals surface area contributed by atoms with Gasteiger partial charge in [0, 0.05) is 25.6 Å². The smallest absolute Gasteiger partial charge is 0.239 e. The van der Waals surface area contributed by atoms with E-state index in [1.165, 1.54) is 0 Å². The van der Waals surface area contributed by atoms with E-state index in [0.29, 0.717) is 6.42 Å². The van der Waals surface area contributed by atoms with E-state index in [-0.39, 0.29) is 24.4 Å². The van der Waals surface area contributed by atoms with Crippen molar-refractivity contribution < 1.29 is 9.59 Å². The van der Waals surface area contributed by atoms with Gasteiger partial charge in [-0.15, -0.1) is 0 Å². The molecule has 2 aliphatic rings. The molecule has 0 aromatic heterocycles. The van der Waals surface area contributed by atoms with Gasteiger partial charge in [-0.25, -0.2) is 0 Å². The minimum Gasteiger partial charge on any atom is -0.351 e. The molecule has 2 rings (SSSR count). The summed E-state index contributed by atoms with van der Waals surface area (Å²) in [5.41, 5.74) is 0. The molecule has 16 heavy (non-hydrogen) atoms. The maximum Gasteiger partial charge on any atom is 0.239 e. The molecule has 2 heterocycles. The first kappa shape index (κ1) is 11.4. The largest absolute Gasteiger partial charge is 0.351 e. The van der Waals surface area contributed by atoms with Gasteiger partial charge in [0.05, 0.1) is 6.54 Å². The Kier molecular flexibility index (Phi) is 3.77. The zero-order chi connectivity index (χ0) is 11.4. The lowest BCUT2D eigenvalue weighted by Gasteiger charge is -2.25. The summed E-state index contributed by atoms with van der Waals surface area (Å²) in [6.45, 7) is 2.85. The minimum absolute atomic E-state index is 0.0241. The molecule has 0 radical (unpaired) electrons. The number of rotatable bonds is 3. The van der Waals surface area contributed by atoms with E-state index in [9.17, 15) is 9.59 Å². The van der Waals surface area contributed by atoms with Gasteiger partial charge < -0.3 is 15.5 Å². The molecular weight excluding hydrogens is 206 g/mol. The van der Waals surface area contributed by atoms with Crippen molar-refractivity contribution in [2.75, 3.05) is 26.2 Å². The van der Waals surface area contributed by atoms with Gasteiger partial charge in [-0.05, 0) is 25.8 Å². The Labute approximate surface area is 95.6 Å². The molecule has 0 aromatic carbocycles. The van der Waals surface area contributed by atoms with Crippen LogP contribution in [-0.2, 0) is 9.59 Å². The molecule has 2 aliphatic heterocycles. The Morgan fingerprint density at radius 1 is 1.50 bits per heavy atom. The van der Waals surface area contributed by atoms with Crippen LogP contribution >= 0.6 is 0 Å². The third kappa shape index (κ3) is 2.95. The van der Waals surface area contributed by atoms with Crippen LogP contribution in [0.3, 0.4) is 0 Å². The number of piperidine rings is 1. The van der Waals surface area contributed by atoms with Crippen molar-refractivity contribution in [3.63, 3.8) is 0 Å². The van der Waals surface area contributed by atoms with E-state index < -0.39 is 0 Å². The van der Waals surface area contributed by atoms with Crippen LogP contribution in [0.15, 0.2) is 0 Å². The molecule has 5 heteroatoms. The Morgan fingerprint density at radius 3 is 3.00 bits per heavy atom. The fraction of sp³-hybridized carbons (Fsp3) is 0.818. The highest BCUT2D eigenvalue weighted by Gasteiger charge is 2.23. The predicted molar refractivity (Wildman–Crippen MR) is 59.8 cm³/mol. The van der Waals surface area contributed by atoms with E-state index >= 15 is 0 Å². The molecule has 5 nitrogen and oxygen atoms in total. The van der Waals surface area contributed by atoms with E-state index in [1.54, 1.807) is 4.90 Å². The maximum atomic E-state index is 11.7. The van der Waals surface area contributed by atoms with Gasteiger partial charge in [0.25, 0.3) is 0 Å². The van der Waals surface area contributed by atoms with Gasteiger partial charge in [0.15, 0.2) is 0 Å². The highest BCUT2D eigenvalue weighted by Crippen LogP contribution is 2.08. The molecule has 90 valence electrons. The first-order valence-electron chi connectivity index (χ1n) is 6.03. The first-order chi connectivity index (χ1) is 7.75. The topological polar surface area (TPSA) is 61.4 Å². The van der Waals surface area contributed by atoms with E-state index in [0.717, 1.165) is 38.9 Å². The predicted octanol–water partition coefficient (Wildman–Crippen LogP) is -0.523. The van der Waals surface area contributed by atoms with Gasteiger partial charge in [0.1, 0.15) is 0 Å². The van der Waals surface area contributed by atoms with Crippen LogP contribution < -0.4 is 10.6 Å². The summed E-state index contributed by atoms with van der Waals surface area (Å²) in [5.74, 6) is 0.0841. The van der Waals surface area contributed by atoms with Crippen LogP contribution in [0.2, 0.25) is 0 Å². The molecule has 0 spiro atoms. The molecular formula is C11H19N3O2. The average Bonchev–Trinajstić information content (AvgIpc) is 2.66. The lowest BCUT2D eigenvalue weighted by atomic mass is 10.1. The SMILES string of the molecule is O=C(CN1CCCC1=O)N[C@@H]1CCCNC1. The summed E-state index contributed by atoms with van der Waals surface area (Å²) < 4.78 is 0. The summed E-state index contributed by atoms with van der Waals surface area (Å²) >= 11 is 0. The van der Waals surface area contributed by atoms with Crippen molar-refractivity contribution in [3.05, 3.63) is 0 Å². The minimum atomic E-state index is -0.0241. The molecule has 2 fully saturated rings. The second-order valence-electron chi connectivity index (χ2n) is 4.53. The Bertz CT molecular complexity index is 274. The number of hydrogen-bond donors (Lipinski definition) is 2. The van der Waals surface area contributed by atoms with Gasteiger partial charge in [-0.2, -0.15) is 0 Å². The molecule has 0 aliphatic carbocycles. The van der Waals surface area contributed by atoms with Crippen LogP contribution in [-0.4, -0.2) is 48.9 Å². The Balaban J connectivity index is 1.72. The zero-order valence-electron chi connectivity index (χ0n) is 9.50. The second kappa shape index (κ2) is 5.30. The zero-order valence-corrected chi connectivity index (χ0v) is 9.50. The normalized spacial score (nSPS) is 25.9. The van der Waals surface area contributed by atoms with Gasteiger partial charge in [-0.1, -0.05) is 0 Å². The molecule has 0 unspecified atom stereocenters. The lowest BCUT2D eigenvalue weighted by Crippen LogP contribution is -2.48. The number of likely N-dealkylation sites (tertiary alicyclic amines) is 1.